The average Bonchev–Trinajstić information content (AvgIpc) is 3.14. The normalized spacial score (nSPS) is 19.5. The van der Waals surface area contributed by atoms with Gasteiger partial charge in [0.15, 0.2) is 0 Å². The molecule has 2 heterocycles. The molecule has 11 nitrogen and oxygen atoms in total. The molecule has 1 amide bonds. The third-order valence-electron chi connectivity index (χ3n) is 10.1. The molecule has 1 N–H and O–H groups in total. The van der Waals surface area contributed by atoms with Crippen LogP contribution in [0.25, 0.3) is 0 Å². The van der Waals surface area contributed by atoms with Crippen molar-refractivity contribution in [2.75, 3.05) is 72.2 Å². The molecule has 0 spiro atoms. The lowest BCUT2D eigenvalue weighted by Crippen LogP contribution is -2.54. The van der Waals surface area contributed by atoms with E-state index in [1.807, 2.05) is 69.3 Å². The van der Waals surface area contributed by atoms with Gasteiger partial charge in [0.05, 0.1) is 43.6 Å². The number of carbonyl (C=O) groups excluding carboxylic acids is 1. The predicted octanol–water partition coefficient (Wildman–Crippen LogP) is 5.55. The molecule has 3 aromatic rings. The fraction of sp³-hybridized carbons (Fsp3) is 0.525. The standard InChI is InChI=1S/C40H55N3O8S/c1-29-8-15-34(16-9-29)52(45,46)43-27-38(51-28-30-10-17-37-36(24-30)42(20-23-50-37)19-7-21-47-4)35(31-11-13-33(49-6)14-12-31)25-32(43)26-40(2,3)39(44)41-18-22-48-5/h8-17,24,32,35,38H,7,18-23,25-28H2,1-6H3,(H,41,44)/t32-,35+,38-/m0/s1. The molecule has 0 bridgehead atoms. The van der Waals surface area contributed by atoms with Gasteiger partial charge < -0.3 is 33.9 Å². The van der Waals surface area contributed by atoms with Crippen LogP contribution in [0.3, 0.4) is 0 Å². The smallest absolute Gasteiger partial charge is 0.243 e. The van der Waals surface area contributed by atoms with Crippen LogP contribution in [0, 0.1) is 12.3 Å². The van der Waals surface area contributed by atoms with E-state index in [9.17, 15) is 13.2 Å². The number of carbonyl (C=O) groups is 1. The average molecular weight is 738 g/mol. The van der Waals surface area contributed by atoms with Crippen molar-refractivity contribution in [3.8, 4) is 11.5 Å². The van der Waals surface area contributed by atoms with Crippen LogP contribution in [0.15, 0.2) is 71.6 Å². The molecule has 12 heteroatoms. The lowest BCUT2D eigenvalue weighted by Gasteiger charge is -2.45. The Kier molecular flexibility index (Phi) is 13.6. The highest BCUT2D eigenvalue weighted by molar-refractivity contribution is 7.89. The van der Waals surface area contributed by atoms with E-state index in [0.29, 0.717) is 39.2 Å². The Balaban J connectivity index is 1.47. The summed E-state index contributed by atoms with van der Waals surface area (Å²) >= 11 is 0. The van der Waals surface area contributed by atoms with Crippen LogP contribution in [0.5, 0.6) is 11.5 Å². The SMILES string of the molecule is COCCCN1CCOc2ccc(CO[C@H]3CN(S(=O)(=O)c4ccc(C)cc4)[C@H](CC(C)(C)C(=O)NCCOC)C[C@@H]3c3ccc(OC)cc3)cc21. The van der Waals surface area contributed by atoms with Crippen molar-refractivity contribution in [2.24, 2.45) is 5.41 Å². The summed E-state index contributed by atoms with van der Waals surface area (Å²) in [5, 5.41) is 2.96. The van der Waals surface area contributed by atoms with E-state index in [4.69, 9.17) is 23.7 Å². The molecule has 1 fully saturated rings. The van der Waals surface area contributed by atoms with Gasteiger partial charge in [-0.2, -0.15) is 4.31 Å². The number of anilines is 1. The van der Waals surface area contributed by atoms with E-state index in [2.05, 4.69) is 16.3 Å². The number of sulfonamides is 1. The Hall–Kier alpha value is -3.68. The minimum absolute atomic E-state index is 0.121. The van der Waals surface area contributed by atoms with Gasteiger partial charge in [-0.1, -0.05) is 49.7 Å². The maximum absolute atomic E-state index is 14.5. The van der Waals surface area contributed by atoms with Crippen molar-refractivity contribution in [3.05, 3.63) is 83.4 Å². The second-order valence-electron chi connectivity index (χ2n) is 14.3. The van der Waals surface area contributed by atoms with Crippen LogP contribution in [0.1, 0.15) is 55.7 Å². The molecule has 3 aromatic carbocycles. The molecule has 2 aliphatic rings. The van der Waals surface area contributed by atoms with Crippen molar-refractivity contribution >= 4 is 21.6 Å². The van der Waals surface area contributed by atoms with Crippen LogP contribution in [-0.4, -0.2) is 98.1 Å². The number of rotatable bonds is 17. The summed E-state index contributed by atoms with van der Waals surface area (Å²) in [6.45, 7) is 9.79. The molecule has 0 saturated carbocycles. The van der Waals surface area contributed by atoms with Crippen molar-refractivity contribution in [2.45, 2.75) is 69.6 Å². The first-order valence-electron chi connectivity index (χ1n) is 18.1. The number of nitrogens with one attached hydrogen (secondary N) is 1. The molecule has 0 aromatic heterocycles. The number of nitrogens with zero attached hydrogens (tertiary/aromatic N) is 2. The van der Waals surface area contributed by atoms with Gasteiger partial charge in [-0.3, -0.25) is 4.79 Å². The summed E-state index contributed by atoms with van der Waals surface area (Å²) in [5.74, 6) is 1.27. The molecule has 52 heavy (non-hydrogen) atoms. The highest BCUT2D eigenvalue weighted by Crippen LogP contribution is 2.42. The summed E-state index contributed by atoms with van der Waals surface area (Å²) in [6.07, 6.45) is 1.20. The van der Waals surface area contributed by atoms with Gasteiger partial charge >= 0.3 is 0 Å². The third-order valence-corrected chi connectivity index (χ3v) is 12.0. The Morgan fingerprint density at radius 1 is 0.981 bits per heavy atom. The van der Waals surface area contributed by atoms with Gasteiger partial charge in [0.25, 0.3) is 0 Å². The summed E-state index contributed by atoms with van der Waals surface area (Å²) in [7, 11) is 0.971. The van der Waals surface area contributed by atoms with Gasteiger partial charge in [0, 0.05) is 57.8 Å². The second-order valence-corrected chi connectivity index (χ2v) is 16.2. The van der Waals surface area contributed by atoms with Gasteiger partial charge in [0.1, 0.15) is 18.1 Å². The number of fused-ring (bicyclic) bond motifs is 1. The number of hydrogen-bond donors (Lipinski definition) is 1. The first kappa shape index (κ1) is 39.5. The van der Waals surface area contributed by atoms with Crippen molar-refractivity contribution in [1.82, 2.24) is 9.62 Å². The topological polar surface area (TPSA) is 116 Å². The minimum Gasteiger partial charge on any atom is -0.497 e. The van der Waals surface area contributed by atoms with Gasteiger partial charge in [-0.05, 0) is 73.7 Å². The second kappa shape index (κ2) is 17.9. The van der Waals surface area contributed by atoms with Crippen LogP contribution in [0.4, 0.5) is 5.69 Å². The van der Waals surface area contributed by atoms with E-state index in [1.54, 1.807) is 37.8 Å². The van der Waals surface area contributed by atoms with Gasteiger partial charge in [-0.15, -0.1) is 0 Å². The molecular formula is C40H55N3O8S. The number of benzene rings is 3. The first-order chi connectivity index (χ1) is 25.0. The van der Waals surface area contributed by atoms with Crippen LogP contribution >= 0.6 is 0 Å². The Bertz CT molecular complexity index is 1720. The van der Waals surface area contributed by atoms with E-state index in [-0.39, 0.29) is 29.9 Å². The highest BCUT2D eigenvalue weighted by atomic mass is 32.2. The fourth-order valence-corrected chi connectivity index (χ4v) is 8.79. The summed E-state index contributed by atoms with van der Waals surface area (Å²) in [6, 6.07) is 20.5. The van der Waals surface area contributed by atoms with Crippen molar-refractivity contribution in [1.29, 1.82) is 0 Å². The molecule has 3 atom stereocenters. The lowest BCUT2D eigenvalue weighted by molar-refractivity contribution is -0.130. The molecule has 0 unspecified atom stereocenters. The zero-order valence-corrected chi connectivity index (χ0v) is 32.2. The summed E-state index contributed by atoms with van der Waals surface area (Å²) in [4.78, 5) is 16.0. The van der Waals surface area contributed by atoms with Crippen molar-refractivity contribution in [3.63, 3.8) is 0 Å². The van der Waals surface area contributed by atoms with Crippen molar-refractivity contribution < 1.29 is 36.9 Å². The fourth-order valence-electron chi connectivity index (χ4n) is 7.14. The lowest BCUT2D eigenvalue weighted by atomic mass is 9.77. The van der Waals surface area contributed by atoms with Crippen LogP contribution in [-0.2, 0) is 35.6 Å². The van der Waals surface area contributed by atoms with Crippen LogP contribution < -0.4 is 19.7 Å². The number of ether oxygens (including phenoxy) is 5. The zero-order valence-electron chi connectivity index (χ0n) is 31.4. The first-order valence-corrected chi connectivity index (χ1v) is 19.5. The van der Waals surface area contributed by atoms with E-state index >= 15 is 0 Å². The predicted molar refractivity (Wildman–Crippen MR) is 202 cm³/mol. The van der Waals surface area contributed by atoms with Gasteiger partial charge in [0.2, 0.25) is 15.9 Å². The summed E-state index contributed by atoms with van der Waals surface area (Å²) < 4.78 is 59.3. The molecule has 2 aliphatic heterocycles. The monoisotopic (exact) mass is 737 g/mol. The Morgan fingerprint density at radius 2 is 1.71 bits per heavy atom. The van der Waals surface area contributed by atoms with Gasteiger partial charge in [-0.25, -0.2) is 8.42 Å². The molecular weight excluding hydrogens is 683 g/mol. The molecule has 5 rings (SSSR count). The Morgan fingerprint density at radius 3 is 2.40 bits per heavy atom. The summed E-state index contributed by atoms with van der Waals surface area (Å²) in [5.41, 5.74) is 3.12. The maximum atomic E-state index is 14.5. The Labute approximate surface area is 309 Å². The molecule has 0 radical (unpaired) electrons. The molecule has 284 valence electrons. The zero-order chi connectivity index (χ0) is 37.3. The number of hydrogen-bond acceptors (Lipinski definition) is 9. The number of aryl methyl sites for hydroxylation is 1. The molecule has 1 saturated heterocycles. The number of methoxy groups -OCH3 is 3. The highest BCUT2D eigenvalue weighted by Gasteiger charge is 2.46. The van der Waals surface area contributed by atoms with E-state index in [0.717, 1.165) is 53.4 Å². The third kappa shape index (κ3) is 9.64. The number of amides is 1. The largest absolute Gasteiger partial charge is 0.497 e. The quantitative estimate of drug-likeness (QED) is 0.178. The molecule has 0 aliphatic carbocycles. The van der Waals surface area contributed by atoms with E-state index < -0.39 is 27.6 Å². The maximum Gasteiger partial charge on any atom is 0.243 e. The minimum atomic E-state index is -3.96. The number of piperidine rings is 1. The van der Waals surface area contributed by atoms with E-state index in [1.165, 1.54) is 0 Å². The van der Waals surface area contributed by atoms with Crippen LogP contribution in [0.2, 0.25) is 0 Å².